The van der Waals surface area contributed by atoms with Gasteiger partial charge in [-0.3, -0.25) is 0 Å². The van der Waals surface area contributed by atoms with Gasteiger partial charge in [0.15, 0.2) is 0 Å². The van der Waals surface area contributed by atoms with Gasteiger partial charge in [-0.15, -0.1) is 0 Å². The van der Waals surface area contributed by atoms with E-state index in [-0.39, 0.29) is 11.9 Å². The monoisotopic (exact) mass is 211 g/mol. The first kappa shape index (κ1) is 12.0. The second-order valence-corrected chi connectivity index (χ2v) is 3.65. The molecule has 1 atom stereocenters. The summed E-state index contributed by atoms with van der Waals surface area (Å²) in [5, 5.41) is 3.20. The van der Waals surface area contributed by atoms with Crippen molar-refractivity contribution in [3.05, 3.63) is 29.6 Å². The molecular weight excluding hydrogens is 193 g/mol. The van der Waals surface area contributed by atoms with Crippen LogP contribution in [-0.4, -0.2) is 19.2 Å². The lowest BCUT2D eigenvalue weighted by molar-refractivity contribution is 0.216. The van der Waals surface area contributed by atoms with Crippen molar-refractivity contribution >= 4 is 0 Å². The Labute approximate surface area is 90.4 Å². The smallest absolute Gasteiger partial charge is 0.123 e. The number of halogens is 1. The van der Waals surface area contributed by atoms with Crippen molar-refractivity contribution in [3.8, 4) is 5.75 Å². The van der Waals surface area contributed by atoms with Gasteiger partial charge in [0.2, 0.25) is 0 Å². The first-order valence-electron chi connectivity index (χ1n) is 5.27. The van der Waals surface area contributed by atoms with Crippen molar-refractivity contribution in [2.24, 2.45) is 0 Å². The van der Waals surface area contributed by atoms with Crippen molar-refractivity contribution in [2.75, 3.05) is 13.1 Å². The molecule has 0 saturated carbocycles. The summed E-state index contributed by atoms with van der Waals surface area (Å²) in [7, 11) is 0. The van der Waals surface area contributed by atoms with E-state index in [1.807, 2.05) is 13.8 Å². The van der Waals surface area contributed by atoms with E-state index in [1.165, 1.54) is 12.1 Å². The lowest BCUT2D eigenvalue weighted by atomic mass is 10.2. The second kappa shape index (κ2) is 5.71. The van der Waals surface area contributed by atoms with E-state index >= 15 is 0 Å². The van der Waals surface area contributed by atoms with Gasteiger partial charge in [0.05, 0.1) is 0 Å². The third kappa shape index (κ3) is 3.88. The molecule has 0 fully saturated rings. The molecule has 0 radical (unpaired) electrons. The minimum atomic E-state index is -0.223. The molecule has 0 aliphatic heterocycles. The van der Waals surface area contributed by atoms with Crippen LogP contribution in [-0.2, 0) is 0 Å². The summed E-state index contributed by atoms with van der Waals surface area (Å²) in [5.74, 6) is 0.529. The standard InChI is InChI=1S/C12H18FNO/c1-4-14-8-10(3)15-12-6-5-11(13)7-9(12)2/h5-7,10,14H,4,8H2,1-3H3. The first-order chi connectivity index (χ1) is 7.13. The largest absolute Gasteiger partial charge is 0.489 e. The molecule has 3 heteroatoms. The Morgan fingerprint density at radius 1 is 1.47 bits per heavy atom. The molecule has 15 heavy (non-hydrogen) atoms. The molecule has 1 aromatic rings. The van der Waals surface area contributed by atoms with E-state index in [0.717, 1.165) is 24.4 Å². The van der Waals surface area contributed by atoms with Crippen molar-refractivity contribution in [1.82, 2.24) is 5.32 Å². The van der Waals surface area contributed by atoms with Crippen molar-refractivity contribution in [1.29, 1.82) is 0 Å². The predicted octanol–water partition coefficient (Wildman–Crippen LogP) is 2.51. The van der Waals surface area contributed by atoms with Gasteiger partial charge in [-0.2, -0.15) is 0 Å². The van der Waals surface area contributed by atoms with E-state index in [1.54, 1.807) is 6.07 Å². The maximum atomic E-state index is 12.8. The van der Waals surface area contributed by atoms with Crippen molar-refractivity contribution in [3.63, 3.8) is 0 Å². The van der Waals surface area contributed by atoms with Crippen LogP contribution in [0, 0.1) is 12.7 Å². The SMILES string of the molecule is CCNCC(C)Oc1ccc(F)cc1C. The van der Waals surface area contributed by atoms with Gasteiger partial charge in [-0.25, -0.2) is 4.39 Å². The highest BCUT2D eigenvalue weighted by Crippen LogP contribution is 2.19. The number of rotatable bonds is 5. The first-order valence-corrected chi connectivity index (χ1v) is 5.27. The average Bonchev–Trinajstić information content (AvgIpc) is 2.19. The molecule has 1 aromatic carbocycles. The summed E-state index contributed by atoms with van der Waals surface area (Å²) >= 11 is 0. The molecule has 0 amide bonds. The van der Waals surface area contributed by atoms with Gasteiger partial charge < -0.3 is 10.1 Å². The van der Waals surface area contributed by atoms with Gasteiger partial charge in [0.25, 0.3) is 0 Å². The Bertz CT molecular complexity index is 314. The summed E-state index contributed by atoms with van der Waals surface area (Å²) in [6, 6.07) is 4.57. The highest BCUT2D eigenvalue weighted by molar-refractivity contribution is 5.32. The minimum absolute atomic E-state index is 0.0918. The quantitative estimate of drug-likeness (QED) is 0.808. The third-order valence-corrected chi connectivity index (χ3v) is 2.15. The van der Waals surface area contributed by atoms with E-state index in [9.17, 15) is 4.39 Å². The zero-order chi connectivity index (χ0) is 11.3. The van der Waals surface area contributed by atoms with Gasteiger partial charge in [-0.1, -0.05) is 6.92 Å². The Balaban J connectivity index is 2.56. The van der Waals surface area contributed by atoms with Crippen LogP contribution < -0.4 is 10.1 Å². The second-order valence-electron chi connectivity index (χ2n) is 3.65. The Morgan fingerprint density at radius 2 is 2.20 bits per heavy atom. The van der Waals surface area contributed by atoms with Crippen LogP contribution in [0.1, 0.15) is 19.4 Å². The van der Waals surface area contributed by atoms with Crippen molar-refractivity contribution in [2.45, 2.75) is 26.9 Å². The molecule has 2 nitrogen and oxygen atoms in total. The Kier molecular flexibility index (Phi) is 4.56. The summed E-state index contributed by atoms with van der Waals surface area (Å²) in [5.41, 5.74) is 0.832. The molecule has 0 spiro atoms. The molecule has 1 unspecified atom stereocenters. The highest BCUT2D eigenvalue weighted by Gasteiger charge is 2.06. The molecule has 0 bridgehead atoms. The molecule has 84 valence electrons. The molecule has 0 saturated heterocycles. The van der Waals surface area contributed by atoms with E-state index in [4.69, 9.17) is 4.74 Å². The number of nitrogens with one attached hydrogen (secondary N) is 1. The molecule has 1 rings (SSSR count). The van der Waals surface area contributed by atoms with E-state index < -0.39 is 0 Å². The van der Waals surface area contributed by atoms with E-state index in [2.05, 4.69) is 12.2 Å². The Hall–Kier alpha value is -1.09. The zero-order valence-electron chi connectivity index (χ0n) is 9.51. The normalized spacial score (nSPS) is 12.5. The number of benzene rings is 1. The molecule has 0 aliphatic rings. The van der Waals surface area contributed by atoms with Crippen LogP contribution in [0.4, 0.5) is 4.39 Å². The topological polar surface area (TPSA) is 21.3 Å². The van der Waals surface area contributed by atoms with Crippen LogP contribution in [0.15, 0.2) is 18.2 Å². The van der Waals surface area contributed by atoms with Gasteiger partial charge >= 0.3 is 0 Å². The molecule has 0 aliphatic carbocycles. The zero-order valence-corrected chi connectivity index (χ0v) is 9.51. The number of ether oxygens (including phenoxy) is 1. The van der Waals surface area contributed by atoms with E-state index in [0.29, 0.717) is 0 Å². The summed E-state index contributed by atoms with van der Waals surface area (Å²) in [4.78, 5) is 0. The van der Waals surface area contributed by atoms with Crippen LogP contribution in [0.5, 0.6) is 5.75 Å². The molecular formula is C12H18FNO. The van der Waals surface area contributed by atoms with Gasteiger partial charge in [-0.05, 0) is 44.2 Å². The lowest BCUT2D eigenvalue weighted by Gasteiger charge is -2.16. The summed E-state index contributed by atoms with van der Waals surface area (Å²) < 4.78 is 18.5. The maximum Gasteiger partial charge on any atom is 0.123 e. The van der Waals surface area contributed by atoms with Crippen molar-refractivity contribution < 1.29 is 9.13 Å². The molecule has 1 N–H and O–H groups in total. The maximum absolute atomic E-state index is 12.8. The molecule has 0 heterocycles. The Morgan fingerprint density at radius 3 is 2.80 bits per heavy atom. The predicted molar refractivity (Wildman–Crippen MR) is 59.8 cm³/mol. The lowest BCUT2D eigenvalue weighted by Crippen LogP contribution is -2.28. The number of hydrogen-bond acceptors (Lipinski definition) is 2. The highest BCUT2D eigenvalue weighted by atomic mass is 19.1. The number of hydrogen-bond donors (Lipinski definition) is 1. The fourth-order valence-electron chi connectivity index (χ4n) is 1.35. The van der Waals surface area contributed by atoms with Gasteiger partial charge in [0.1, 0.15) is 17.7 Å². The average molecular weight is 211 g/mol. The van der Waals surface area contributed by atoms with Crippen LogP contribution in [0.2, 0.25) is 0 Å². The van der Waals surface area contributed by atoms with Crippen LogP contribution in [0.25, 0.3) is 0 Å². The minimum Gasteiger partial charge on any atom is -0.489 e. The number of aryl methyl sites for hydroxylation is 1. The summed E-state index contributed by atoms with van der Waals surface area (Å²) in [6.07, 6.45) is 0.0918. The fraction of sp³-hybridized carbons (Fsp3) is 0.500. The summed E-state index contributed by atoms with van der Waals surface area (Å²) in [6.45, 7) is 7.61. The fourth-order valence-corrected chi connectivity index (χ4v) is 1.35. The molecule has 0 aromatic heterocycles. The number of likely N-dealkylation sites (N-methyl/N-ethyl adjacent to an activating group) is 1. The van der Waals surface area contributed by atoms with Gasteiger partial charge in [0, 0.05) is 6.54 Å². The third-order valence-electron chi connectivity index (χ3n) is 2.15. The van der Waals surface area contributed by atoms with Crippen LogP contribution in [0.3, 0.4) is 0 Å². The van der Waals surface area contributed by atoms with Crippen LogP contribution >= 0.6 is 0 Å².